The average Bonchev–Trinajstić information content (AvgIpc) is 2.80. The molecule has 184 valence electrons. The number of nitrogens with two attached hydrogens (primary N) is 1. The topological polar surface area (TPSA) is 198 Å². The molecule has 2 atom stereocenters. The number of benzene rings is 2. The number of carbonyl (C=O) groups excluding carboxylic acids is 2. The fourth-order valence-electron chi connectivity index (χ4n) is 3.02. The van der Waals surface area contributed by atoms with Gasteiger partial charge in [-0.2, -0.15) is 0 Å². The lowest BCUT2D eigenvalue weighted by Crippen LogP contribution is -2.58. The van der Waals surface area contributed by atoms with Crippen LogP contribution in [-0.2, 0) is 19.2 Å². The van der Waals surface area contributed by atoms with Crippen LogP contribution < -0.4 is 21.8 Å². The largest absolute Gasteiger partial charge is 0.481 e. The highest BCUT2D eigenvalue weighted by molar-refractivity contribution is 7.80. The molecule has 0 bridgehead atoms. The summed E-state index contributed by atoms with van der Waals surface area (Å²) in [5.41, 5.74) is 9.11. The van der Waals surface area contributed by atoms with Crippen molar-refractivity contribution in [2.75, 3.05) is 5.32 Å². The molecular formula is C22H24N6O6S. The molecule has 0 heterocycles. The molecule has 2 rings (SSSR count). The number of carboxylic acids is 2. The predicted octanol–water partition coefficient (Wildman–Crippen LogP) is 0.806. The summed E-state index contributed by atoms with van der Waals surface area (Å²) in [6, 6.07) is 11.0. The van der Waals surface area contributed by atoms with Gasteiger partial charge in [-0.15, -0.1) is 0 Å². The van der Waals surface area contributed by atoms with Gasteiger partial charge < -0.3 is 26.6 Å². The number of nitrogens with one attached hydrogen (secondary N) is 4. The summed E-state index contributed by atoms with van der Waals surface area (Å²) < 4.78 is 0. The first-order valence-electron chi connectivity index (χ1n) is 10.1. The molecule has 2 aromatic carbocycles. The van der Waals surface area contributed by atoms with E-state index in [0.29, 0.717) is 16.3 Å². The van der Waals surface area contributed by atoms with Gasteiger partial charge in [0, 0.05) is 18.2 Å². The third kappa shape index (κ3) is 7.78. The number of aliphatic carboxylic acids is 2. The van der Waals surface area contributed by atoms with Gasteiger partial charge in [0.25, 0.3) is 0 Å². The first kappa shape index (κ1) is 26.7. The average molecular weight is 501 g/mol. The van der Waals surface area contributed by atoms with E-state index in [1.165, 1.54) is 12.1 Å². The first-order chi connectivity index (χ1) is 16.5. The smallest absolute Gasteiger partial charge is 0.330 e. The van der Waals surface area contributed by atoms with Crippen LogP contribution in [0.5, 0.6) is 0 Å². The standard InChI is InChI=1S/C22H24N6O6S/c1-12(29)28(27-22(35)25-15-9-7-14(8-10-15)19(23)24)16(11-17(30)31)20(32)26-18(21(33)34)13-5-3-2-4-6-13/h2-10,16,18H,11H2,1H3,(H3,23,24)(H,26,32)(H,30,31)(H,33,34)(H2,25,27,35)/t16-,18-/m0/s1. The van der Waals surface area contributed by atoms with Crippen molar-refractivity contribution < 1.29 is 29.4 Å². The van der Waals surface area contributed by atoms with Crippen molar-refractivity contribution in [2.45, 2.75) is 25.4 Å². The van der Waals surface area contributed by atoms with Crippen molar-refractivity contribution in [3.05, 3.63) is 65.7 Å². The van der Waals surface area contributed by atoms with Gasteiger partial charge in [0.1, 0.15) is 11.9 Å². The maximum atomic E-state index is 13.0. The Kier molecular flexibility index (Phi) is 9.23. The number of hydrogen-bond acceptors (Lipinski definition) is 6. The Morgan fingerprint density at radius 3 is 2.14 bits per heavy atom. The van der Waals surface area contributed by atoms with E-state index in [9.17, 15) is 29.4 Å². The number of hydrazine groups is 1. The highest BCUT2D eigenvalue weighted by Gasteiger charge is 2.34. The van der Waals surface area contributed by atoms with E-state index in [0.717, 1.165) is 6.92 Å². The predicted molar refractivity (Wildman–Crippen MR) is 130 cm³/mol. The molecule has 0 spiro atoms. The quantitative estimate of drug-likeness (QED) is 0.112. The zero-order valence-corrected chi connectivity index (χ0v) is 19.3. The van der Waals surface area contributed by atoms with E-state index in [1.807, 2.05) is 0 Å². The van der Waals surface area contributed by atoms with E-state index in [2.05, 4.69) is 16.1 Å². The van der Waals surface area contributed by atoms with Crippen LogP contribution >= 0.6 is 12.2 Å². The summed E-state index contributed by atoms with van der Waals surface area (Å²) in [5.74, 6) is -4.65. The monoisotopic (exact) mass is 500 g/mol. The van der Waals surface area contributed by atoms with Crippen LogP contribution in [0.25, 0.3) is 0 Å². The summed E-state index contributed by atoms with van der Waals surface area (Å²) in [6.45, 7) is 1.09. The Hall–Kier alpha value is -4.52. The number of carbonyl (C=O) groups is 4. The number of rotatable bonds is 9. The van der Waals surface area contributed by atoms with Crippen molar-refractivity contribution in [1.29, 1.82) is 5.41 Å². The van der Waals surface area contributed by atoms with Crippen molar-refractivity contribution in [3.8, 4) is 0 Å². The number of anilines is 1. The Balaban J connectivity index is 2.23. The summed E-state index contributed by atoms with van der Waals surface area (Å²) in [7, 11) is 0. The maximum absolute atomic E-state index is 13.0. The molecule has 13 heteroatoms. The van der Waals surface area contributed by atoms with Crippen LogP contribution in [0.15, 0.2) is 54.6 Å². The lowest BCUT2D eigenvalue weighted by Gasteiger charge is -2.31. The first-order valence-corrected chi connectivity index (χ1v) is 10.5. The van der Waals surface area contributed by atoms with Gasteiger partial charge in [0.05, 0.1) is 6.42 Å². The molecule has 0 aliphatic carbocycles. The third-order valence-corrected chi connectivity index (χ3v) is 4.86. The van der Waals surface area contributed by atoms with Gasteiger partial charge in [-0.1, -0.05) is 30.3 Å². The molecular weight excluding hydrogens is 476 g/mol. The van der Waals surface area contributed by atoms with Crippen LogP contribution in [0.3, 0.4) is 0 Å². The molecule has 8 N–H and O–H groups in total. The number of thiocarbonyl (C=S) groups is 1. The van der Waals surface area contributed by atoms with Crippen molar-refractivity contribution >= 4 is 52.6 Å². The number of nitrogens with zero attached hydrogens (tertiary/aromatic N) is 1. The summed E-state index contributed by atoms with van der Waals surface area (Å²) in [5, 5.41) is 31.9. The second-order valence-corrected chi connectivity index (χ2v) is 7.66. The molecule has 0 aliphatic heterocycles. The van der Waals surface area contributed by atoms with Gasteiger partial charge in [-0.05, 0) is 42.0 Å². The molecule has 0 saturated carbocycles. The van der Waals surface area contributed by atoms with Gasteiger partial charge in [-0.25, -0.2) is 9.80 Å². The molecule has 2 aromatic rings. The fraction of sp³-hybridized carbons (Fsp3) is 0.182. The zero-order valence-electron chi connectivity index (χ0n) is 18.5. The summed E-state index contributed by atoms with van der Waals surface area (Å²) in [6.07, 6.45) is -0.824. The molecule has 35 heavy (non-hydrogen) atoms. The molecule has 0 unspecified atom stereocenters. The molecule has 0 saturated heterocycles. The van der Waals surface area contributed by atoms with E-state index in [4.69, 9.17) is 23.4 Å². The fourth-order valence-corrected chi connectivity index (χ4v) is 3.23. The summed E-state index contributed by atoms with van der Waals surface area (Å²) >= 11 is 5.18. The van der Waals surface area contributed by atoms with E-state index in [-0.39, 0.29) is 16.5 Å². The maximum Gasteiger partial charge on any atom is 0.330 e. The van der Waals surface area contributed by atoms with Crippen molar-refractivity contribution in [3.63, 3.8) is 0 Å². The Morgan fingerprint density at radius 1 is 1.06 bits per heavy atom. The number of amidine groups is 1. The molecule has 0 aromatic heterocycles. The normalized spacial score (nSPS) is 11.9. The van der Waals surface area contributed by atoms with Gasteiger partial charge in [0.15, 0.2) is 11.2 Å². The lowest BCUT2D eigenvalue weighted by atomic mass is 10.1. The highest BCUT2D eigenvalue weighted by atomic mass is 32.1. The van der Waals surface area contributed by atoms with Crippen LogP contribution in [0.2, 0.25) is 0 Å². The van der Waals surface area contributed by atoms with Gasteiger partial charge in [-0.3, -0.25) is 25.2 Å². The van der Waals surface area contributed by atoms with Crippen molar-refractivity contribution in [1.82, 2.24) is 15.8 Å². The Morgan fingerprint density at radius 2 is 1.66 bits per heavy atom. The summed E-state index contributed by atoms with van der Waals surface area (Å²) in [4.78, 5) is 48.5. The minimum atomic E-state index is -1.63. The third-order valence-electron chi connectivity index (χ3n) is 4.66. The lowest BCUT2D eigenvalue weighted by molar-refractivity contribution is -0.148. The van der Waals surface area contributed by atoms with E-state index < -0.39 is 42.3 Å². The molecule has 0 radical (unpaired) electrons. The molecule has 12 nitrogen and oxygen atoms in total. The number of carboxylic acid groups (broad SMARTS) is 2. The van der Waals surface area contributed by atoms with Crippen LogP contribution in [0, 0.1) is 5.41 Å². The second-order valence-electron chi connectivity index (χ2n) is 7.25. The minimum Gasteiger partial charge on any atom is -0.481 e. The number of hydrogen-bond donors (Lipinski definition) is 7. The zero-order chi connectivity index (χ0) is 26.1. The SMILES string of the molecule is CC(=O)N(NC(=S)Nc1ccc(C(=N)N)cc1)[C@@H](CC(=O)O)C(=O)N[C@H](C(=O)O)c1ccccc1. The minimum absolute atomic E-state index is 0.127. The number of amides is 2. The van der Waals surface area contributed by atoms with Crippen molar-refractivity contribution in [2.24, 2.45) is 5.73 Å². The van der Waals surface area contributed by atoms with Gasteiger partial charge >= 0.3 is 11.9 Å². The van der Waals surface area contributed by atoms with Crippen LogP contribution in [0.4, 0.5) is 5.69 Å². The van der Waals surface area contributed by atoms with Crippen LogP contribution in [0.1, 0.15) is 30.5 Å². The second kappa shape index (κ2) is 12.1. The highest BCUT2D eigenvalue weighted by Crippen LogP contribution is 2.15. The van der Waals surface area contributed by atoms with Crippen LogP contribution in [-0.4, -0.2) is 56.0 Å². The molecule has 0 aliphatic rings. The molecule has 2 amide bonds. The Bertz CT molecular complexity index is 1130. The van der Waals surface area contributed by atoms with E-state index >= 15 is 0 Å². The Labute approximate surface area is 205 Å². The van der Waals surface area contributed by atoms with E-state index in [1.54, 1.807) is 42.5 Å². The van der Waals surface area contributed by atoms with Gasteiger partial charge in [0.2, 0.25) is 11.8 Å². The number of nitrogen functional groups attached to an aromatic ring is 1. The molecule has 0 fully saturated rings.